The van der Waals surface area contributed by atoms with Gasteiger partial charge in [0.15, 0.2) is 0 Å². The van der Waals surface area contributed by atoms with Crippen LogP contribution in [0.25, 0.3) is 5.69 Å². The Hall–Kier alpha value is -3.38. The first kappa shape index (κ1) is 19.0. The molecule has 0 aliphatic carbocycles. The van der Waals surface area contributed by atoms with Crippen LogP contribution in [0.3, 0.4) is 0 Å². The number of hydrogen-bond donors (Lipinski definition) is 0. The summed E-state index contributed by atoms with van der Waals surface area (Å²) < 4.78 is 7.20. The maximum atomic E-state index is 13.4. The van der Waals surface area contributed by atoms with Crippen molar-refractivity contribution in [1.29, 1.82) is 0 Å². The van der Waals surface area contributed by atoms with E-state index in [9.17, 15) is 4.79 Å². The molecule has 146 valence electrons. The van der Waals surface area contributed by atoms with Crippen LogP contribution in [0.2, 0.25) is 0 Å². The number of aromatic nitrogens is 2. The number of para-hydroxylation sites is 2. The fourth-order valence-corrected chi connectivity index (χ4v) is 3.89. The number of carbonyl (C=O) groups is 1. The predicted molar refractivity (Wildman–Crippen MR) is 114 cm³/mol. The van der Waals surface area contributed by atoms with Gasteiger partial charge in [0.2, 0.25) is 0 Å². The lowest BCUT2D eigenvalue weighted by Crippen LogP contribution is -2.29. The van der Waals surface area contributed by atoms with Gasteiger partial charge in [0, 0.05) is 16.6 Å². The van der Waals surface area contributed by atoms with Crippen molar-refractivity contribution in [3.05, 3.63) is 101 Å². The highest BCUT2D eigenvalue weighted by Crippen LogP contribution is 2.23. The van der Waals surface area contributed by atoms with E-state index in [4.69, 9.17) is 4.74 Å². The number of rotatable bonds is 7. The van der Waals surface area contributed by atoms with Crippen molar-refractivity contribution in [2.75, 3.05) is 7.11 Å². The average molecular weight is 404 g/mol. The summed E-state index contributed by atoms with van der Waals surface area (Å²) in [6.45, 7) is 0.988. The third-order valence-corrected chi connectivity index (χ3v) is 5.48. The first-order valence-electron chi connectivity index (χ1n) is 9.28. The Morgan fingerprint density at radius 2 is 1.83 bits per heavy atom. The molecule has 5 nitrogen and oxygen atoms in total. The van der Waals surface area contributed by atoms with Crippen molar-refractivity contribution in [2.45, 2.75) is 13.1 Å². The van der Waals surface area contributed by atoms with E-state index in [1.165, 1.54) is 0 Å². The zero-order valence-corrected chi connectivity index (χ0v) is 16.9. The molecule has 0 radical (unpaired) electrons. The highest BCUT2D eigenvalue weighted by Gasteiger charge is 2.20. The minimum absolute atomic E-state index is 0.0634. The molecule has 0 unspecified atom stereocenters. The lowest BCUT2D eigenvalue weighted by atomic mass is 10.1. The molecule has 1 amide bonds. The van der Waals surface area contributed by atoms with E-state index < -0.39 is 0 Å². The van der Waals surface area contributed by atoms with Gasteiger partial charge in [-0.1, -0.05) is 42.5 Å². The molecule has 2 aromatic heterocycles. The van der Waals surface area contributed by atoms with E-state index in [-0.39, 0.29) is 5.91 Å². The molecule has 4 rings (SSSR count). The second kappa shape index (κ2) is 8.75. The molecule has 0 aliphatic heterocycles. The number of benzene rings is 2. The number of methoxy groups -OCH3 is 1. The zero-order chi connectivity index (χ0) is 20.1. The van der Waals surface area contributed by atoms with E-state index in [0.29, 0.717) is 18.7 Å². The van der Waals surface area contributed by atoms with Gasteiger partial charge in [-0.25, -0.2) is 4.68 Å². The van der Waals surface area contributed by atoms with Gasteiger partial charge in [0.05, 0.1) is 37.6 Å². The van der Waals surface area contributed by atoms with E-state index in [1.54, 1.807) is 35.5 Å². The van der Waals surface area contributed by atoms with Crippen molar-refractivity contribution in [2.24, 2.45) is 0 Å². The Morgan fingerprint density at radius 3 is 2.59 bits per heavy atom. The van der Waals surface area contributed by atoms with E-state index in [0.717, 1.165) is 21.9 Å². The molecule has 0 bridgehead atoms. The van der Waals surface area contributed by atoms with Crippen LogP contribution in [-0.2, 0) is 13.1 Å². The normalized spacial score (nSPS) is 10.7. The van der Waals surface area contributed by atoms with Crippen LogP contribution in [0.15, 0.2) is 84.5 Å². The second-order valence-corrected chi connectivity index (χ2v) is 7.59. The van der Waals surface area contributed by atoms with Crippen molar-refractivity contribution in [3.8, 4) is 11.4 Å². The molecule has 29 heavy (non-hydrogen) atoms. The minimum Gasteiger partial charge on any atom is -0.496 e. The first-order valence-corrected chi connectivity index (χ1v) is 10.2. The third kappa shape index (κ3) is 4.38. The summed E-state index contributed by atoms with van der Waals surface area (Å²) in [7, 11) is 1.65. The fourth-order valence-electron chi connectivity index (χ4n) is 3.17. The van der Waals surface area contributed by atoms with Crippen molar-refractivity contribution in [3.63, 3.8) is 0 Å². The Kier molecular flexibility index (Phi) is 5.72. The summed E-state index contributed by atoms with van der Waals surface area (Å²) in [5, 5.41) is 6.40. The monoisotopic (exact) mass is 403 g/mol. The average Bonchev–Trinajstić information content (AvgIpc) is 3.46. The fraction of sp³-hybridized carbons (Fsp3) is 0.130. The Bertz CT molecular complexity index is 1070. The lowest BCUT2D eigenvalue weighted by molar-refractivity contribution is 0.0730. The number of amides is 1. The Labute approximate surface area is 173 Å². The van der Waals surface area contributed by atoms with Crippen molar-refractivity contribution < 1.29 is 9.53 Å². The summed E-state index contributed by atoms with van der Waals surface area (Å²) in [6.07, 6.45) is 3.40. The highest BCUT2D eigenvalue weighted by molar-refractivity contribution is 7.09. The molecular formula is C23H21N3O2S. The van der Waals surface area contributed by atoms with Gasteiger partial charge in [0.25, 0.3) is 5.91 Å². The number of nitrogens with zero attached hydrogens (tertiary/aromatic N) is 3. The van der Waals surface area contributed by atoms with Crippen LogP contribution >= 0.6 is 11.3 Å². The molecule has 0 saturated heterocycles. The summed E-state index contributed by atoms with van der Waals surface area (Å²) in [6, 6.07) is 21.6. The standard InChI is InChI=1S/C23H21N3O2S/c1-28-22-12-6-5-8-18(22)15-25(17-21-11-7-13-29-21)23(27)19-14-24-26(16-19)20-9-3-2-4-10-20/h2-14,16H,15,17H2,1H3. The minimum atomic E-state index is -0.0634. The molecule has 0 saturated carbocycles. The topological polar surface area (TPSA) is 47.4 Å². The highest BCUT2D eigenvalue weighted by atomic mass is 32.1. The van der Waals surface area contributed by atoms with Gasteiger partial charge >= 0.3 is 0 Å². The van der Waals surface area contributed by atoms with E-state index in [1.807, 2.05) is 77.0 Å². The maximum absolute atomic E-state index is 13.4. The third-order valence-electron chi connectivity index (χ3n) is 4.62. The first-order chi connectivity index (χ1) is 14.2. The quantitative estimate of drug-likeness (QED) is 0.446. The SMILES string of the molecule is COc1ccccc1CN(Cc1cccs1)C(=O)c1cnn(-c2ccccc2)c1. The van der Waals surface area contributed by atoms with Gasteiger partial charge in [-0.3, -0.25) is 4.79 Å². The van der Waals surface area contributed by atoms with Crippen LogP contribution in [0.4, 0.5) is 0 Å². The molecule has 6 heteroatoms. The predicted octanol–water partition coefficient (Wildman–Crippen LogP) is 4.79. The van der Waals surface area contributed by atoms with Crippen molar-refractivity contribution >= 4 is 17.2 Å². The number of hydrogen-bond acceptors (Lipinski definition) is 4. The van der Waals surface area contributed by atoms with Crippen LogP contribution in [-0.4, -0.2) is 27.7 Å². The molecule has 2 aromatic carbocycles. The molecular weight excluding hydrogens is 382 g/mol. The van der Waals surface area contributed by atoms with Gasteiger partial charge in [0.1, 0.15) is 5.75 Å². The maximum Gasteiger partial charge on any atom is 0.257 e. The second-order valence-electron chi connectivity index (χ2n) is 6.56. The molecule has 2 heterocycles. The molecule has 4 aromatic rings. The Morgan fingerprint density at radius 1 is 1.03 bits per heavy atom. The number of carbonyl (C=O) groups excluding carboxylic acids is 1. The smallest absolute Gasteiger partial charge is 0.257 e. The largest absolute Gasteiger partial charge is 0.496 e. The molecule has 0 atom stereocenters. The van der Waals surface area contributed by atoms with Crippen LogP contribution in [0.5, 0.6) is 5.75 Å². The summed E-state index contributed by atoms with van der Waals surface area (Å²) >= 11 is 1.64. The van der Waals surface area contributed by atoms with Crippen LogP contribution < -0.4 is 4.74 Å². The Balaban J connectivity index is 1.62. The zero-order valence-electron chi connectivity index (χ0n) is 16.1. The van der Waals surface area contributed by atoms with Crippen LogP contribution in [0.1, 0.15) is 20.8 Å². The molecule has 0 fully saturated rings. The van der Waals surface area contributed by atoms with Gasteiger partial charge in [-0.05, 0) is 29.6 Å². The van der Waals surface area contributed by atoms with Gasteiger partial charge in [-0.2, -0.15) is 5.10 Å². The summed E-state index contributed by atoms with van der Waals surface area (Å²) in [5.41, 5.74) is 2.44. The van der Waals surface area contributed by atoms with Gasteiger partial charge < -0.3 is 9.64 Å². The molecule has 0 aliphatic rings. The van der Waals surface area contributed by atoms with E-state index in [2.05, 4.69) is 5.10 Å². The van der Waals surface area contributed by atoms with Crippen LogP contribution in [0, 0.1) is 0 Å². The molecule has 0 N–H and O–H groups in total. The van der Waals surface area contributed by atoms with Gasteiger partial charge in [-0.15, -0.1) is 11.3 Å². The lowest BCUT2D eigenvalue weighted by Gasteiger charge is -2.23. The molecule has 0 spiro atoms. The number of ether oxygens (including phenoxy) is 1. The number of thiophene rings is 1. The van der Waals surface area contributed by atoms with Crippen molar-refractivity contribution in [1.82, 2.24) is 14.7 Å². The summed E-state index contributed by atoms with van der Waals surface area (Å²) in [4.78, 5) is 16.3. The summed E-state index contributed by atoms with van der Waals surface area (Å²) in [5.74, 6) is 0.711. The van der Waals surface area contributed by atoms with E-state index >= 15 is 0 Å².